The number of fused-ring (bicyclic) bond motifs is 5. The van der Waals surface area contributed by atoms with Crippen LogP contribution in [0.2, 0.25) is 0 Å². The first-order chi connectivity index (χ1) is 16.6. The first kappa shape index (κ1) is 24.7. The van der Waals surface area contributed by atoms with E-state index in [9.17, 15) is 9.90 Å². The second-order valence-electron chi connectivity index (χ2n) is 12.1. The van der Waals surface area contributed by atoms with Crippen LogP contribution < -0.4 is 0 Å². The Bertz CT molecular complexity index is 1070. The molecule has 4 aliphatic rings. The van der Waals surface area contributed by atoms with Crippen molar-refractivity contribution in [2.75, 3.05) is 7.11 Å². The van der Waals surface area contributed by atoms with Crippen molar-refractivity contribution in [1.82, 2.24) is 0 Å². The maximum atomic E-state index is 12.8. The van der Waals surface area contributed by atoms with Crippen LogP contribution in [0.25, 0.3) is 0 Å². The van der Waals surface area contributed by atoms with Gasteiger partial charge in [-0.15, -0.1) is 0 Å². The van der Waals surface area contributed by atoms with Crippen LogP contribution in [0.1, 0.15) is 83.3 Å². The number of Topliss-reactive ketones (excluding diaryl/α,β-unsaturated/α-hetero) is 1. The number of carbonyl (C=O) groups excluding carboxylic acids is 1. The van der Waals surface area contributed by atoms with Crippen molar-refractivity contribution in [3.63, 3.8) is 0 Å². The third-order valence-electron chi connectivity index (χ3n) is 10.8. The number of carbonyl (C=O) groups is 1. The van der Waals surface area contributed by atoms with Crippen LogP contribution in [0.15, 0.2) is 35.9 Å². The molecule has 0 saturated heterocycles. The molecule has 5 nitrogen and oxygen atoms in total. The normalized spacial score (nSPS) is 42.3. The van der Waals surface area contributed by atoms with Gasteiger partial charge in [0.05, 0.1) is 18.2 Å². The molecule has 0 amide bonds. The van der Waals surface area contributed by atoms with Crippen LogP contribution in [0, 0.1) is 39.9 Å². The third-order valence-corrected chi connectivity index (χ3v) is 10.8. The standard InChI is InChI=1S/C30H39NO4/c1-20(32)30(34-4)14-12-26-24-10-9-23-17-29(33,35-19-22-7-5-21(18-31)6-8-22)16-15-27(23,2)25(24)11-13-28(26,30)3/h5-9,24-26,33H,10-17,19H2,1-4H3/t24-,25+,26+,27+,28+,29-,30+/m1/s1. The van der Waals surface area contributed by atoms with Gasteiger partial charge in [0.15, 0.2) is 11.6 Å². The number of methoxy groups -OCH3 is 1. The average molecular weight is 478 g/mol. The Hall–Kier alpha value is -2.00. The summed E-state index contributed by atoms with van der Waals surface area (Å²) in [7, 11) is 1.72. The highest BCUT2D eigenvalue weighted by Crippen LogP contribution is 2.68. The van der Waals surface area contributed by atoms with Gasteiger partial charge in [-0.1, -0.05) is 37.6 Å². The van der Waals surface area contributed by atoms with Gasteiger partial charge in [0, 0.05) is 25.4 Å². The van der Waals surface area contributed by atoms with E-state index in [4.69, 9.17) is 14.7 Å². The predicted octanol–water partition coefficient (Wildman–Crippen LogP) is 5.70. The molecule has 0 aliphatic heterocycles. The van der Waals surface area contributed by atoms with Crippen LogP contribution in [-0.2, 0) is 20.9 Å². The van der Waals surface area contributed by atoms with Crippen LogP contribution in [-0.4, -0.2) is 29.4 Å². The minimum absolute atomic E-state index is 0.0722. The van der Waals surface area contributed by atoms with Gasteiger partial charge >= 0.3 is 0 Å². The van der Waals surface area contributed by atoms with E-state index in [-0.39, 0.29) is 16.6 Å². The molecule has 0 spiro atoms. The lowest BCUT2D eigenvalue weighted by atomic mass is 9.46. The molecule has 0 heterocycles. The topological polar surface area (TPSA) is 79.6 Å². The van der Waals surface area contributed by atoms with Crippen molar-refractivity contribution in [2.45, 2.75) is 90.1 Å². The monoisotopic (exact) mass is 477 g/mol. The quantitative estimate of drug-likeness (QED) is 0.435. The van der Waals surface area contributed by atoms with Gasteiger partial charge in [0.1, 0.15) is 5.60 Å². The predicted molar refractivity (Wildman–Crippen MR) is 133 cm³/mol. The van der Waals surface area contributed by atoms with E-state index in [0.29, 0.717) is 42.8 Å². The summed E-state index contributed by atoms with van der Waals surface area (Å²) in [4.78, 5) is 12.8. The second-order valence-corrected chi connectivity index (χ2v) is 12.1. The van der Waals surface area contributed by atoms with E-state index in [1.807, 2.05) is 12.1 Å². The summed E-state index contributed by atoms with van der Waals surface area (Å²) in [5, 5.41) is 20.4. The number of nitrogens with zero attached hydrogens (tertiary/aromatic N) is 1. The summed E-state index contributed by atoms with van der Waals surface area (Å²) < 4.78 is 12.1. The molecule has 0 aromatic heterocycles. The molecule has 1 aromatic rings. The zero-order valence-corrected chi connectivity index (χ0v) is 21.6. The van der Waals surface area contributed by atoms with Gasteiger partial charge in [-0.3, -0.25) is 4.79 Å². The molecule has 1 aromatic carbocycles. The Morgan fingerprint density at radius 3 is 2.49 bits per heavy atom. The number of hydrogen-bond acceptors (Lipinski definition) is 5. The molecule has 0 unspecified atom stereocenters. The molecule has 5 heteroatoms. The number of aliphatic hydroxyl groups is 1. The second kappa shape index (κ2) is 8.54. The summed E-state index contributed by atoms with van der Waals surface area (Å²) in [6.45, 7) is 6.76. The molecular weight excluding hydrogens is 438 g/mol. The first-order valence-electron chi connectivity index (χ1n) is 13.2. The molecule has 1 N–H and O–H groups in total. The Morgan fingerprint density at radius 2 is 1.83 bits per heavy atom. The minimum atomic E-state index is -1.15. The van der Waals surface area contributed by atoms with Crippen LogP contribution in [0.4, 0.5) is 0 Å². The number of benzene rings is 1. The molecular formula is C30H39NO4. The largest absolute Gasteiger partial charge is 0.370 e. The number of rotatable bonds is 5. The Morgan fingerprint density at radius 1 is 1.11 bits per heavy atom. The lowest BCUT2D eigenvalue weighted by Crippen LogP contribution is -2.58. The fourth-order valence-electron chi connectivity index (χ4n) is 8.69. The lowest BCUT2D eigenvalue weighted by Gasteiger charge is -2.59. The molecule has 5 rings (SSSR count). The lowest BCUT2D eigenvalue weighted by molar-refractivity contribution is -0.232. The van der Waals surface area contributed by atoms with Gasteiger partial charge in [-0.25, -0.2) is 0 Å². The van der Waals surface area contributed by atoms with Crippen LogP contribution in [0.3, 0.4) is 0 Å². The number of ether oxygens (including phenoxy) is 2. The molecule has 7 atom stereocenters. The zero-order valence-electron chi connectivity index (χ0n) is 21.6. The van der Waals surface area contributed by atoms with E-state index in [1.54, 1.807) is 26.2 Å². The summed E-state index contributed by atoms with van der Waals surface area (Å²) in [6.07, 6.45) is 9.51. The first-order valence-corrected chi connectivity index (χ1v) is 13.2. The van der Waals surface area contributed by atoms with Crippen molar-refractivity contribution >= 4 is 5.78 Å². The van der Waals surface area contributed by atoms with Crippen molar-refractivity contribution in [3.8, 4) is 6.07 Å². The molecule has 35 heavy (non-hydrogen) atoms. The van der Waals surface area contributed by atoms with E-state index in [2.05, 4.69) is 26.0 Å². The Balaban J connectivity index is 1.33. The molecule has 0 bridgehead atoms. The van der Waals surface area contributed by atoms with Crippen molar-refractivity contribution in [2.24, 2.45) is 28.6 Å². The number of hydrogen-bond donors (Lipinski definition) is 1. The average Bonchev–Trinajstić information content (AvgIpc) is 3.17. The highest BCUT2D eigenvalue weighted by molar-refractivity contribution is 5.86. The number of ketones is 1. The van der Waals surface area contributed by atoms with Crippen molar-refractivity contribution in [1.29, 1.82) is 5.26 Å². The van der Waals surface area contributed by atoms with Crippen LogP contribution in [0.5, 0.6) is 0 Å². The maximum Gasteiger partial charge on any atom is 0.169 e. The van der Waals surface area contributed by atoms with Crippen LogP contribution >= 0.6 is 0 Å². The summed E-state index contributed by atoms with van der Waals surface area (Å²) >= 11 is 0. The summed E-state index contributed by atoms with van der Waals surface area (Å²) in [5.41, 5.74) is 2.26. The van der Waals surface area contributed by atoms with E-state index in [1.165, 1.54) is 5.57 Å². The fraction of sp³-hybridized carbons (Fsp3) is 0.667. The highest BCUT2D eigenvalue weighted by atomic mass is 16.6. The fourth-order valence-corrected chi connectivity index (χ4v) is 8.69. The summed E-state index contributed by atoms with van der Waals surface area (Å²) in [6, 6.07) is 9.49. The van der Waals surface area contributed by atoms with E-state index in [0.717, 1.165) is 44.1 Å². The third kappa shape index (κ3) is 3.64. The zero-order chi connectivity index (χ0) is 25.1. The SMILES string of the molecule is CO[C@]1(C(C)=O)CC[C@H]2[C@@H]3CC=C4C[C@](O)(OCc5ccc(C#N)cc5)CC[C@]4(C)[C@H]3CC[C@@]21C. The van der Waals surface area contributed by atoms with Crippen molar-refractivity contribution in [3.05, 3.63) is 47.0 Å². The van der Waals surface area contributed by atoms with Gasteiger partial charge in [0.25, 0.3) is 0 Å². The molecule has 0 radical (unpaired) electrons. The van der Waals surface area contributed by atoms with E-state index < -0.39 is 11.4 Å². The summed E-state index contributed by atoms with van der Waals surface area (Å²) in [5.74, 6) is 0.660. The molecule has 4 aliphatic carbocycles. The van der Waals surface area contributed by atoms with Gasteiger partial charge in [-0.2, -0.15) is 5.26 Å². The number of allylic oxidation sites excluding steroid dienone is 1. The highest BCUT2D eigenvalue weighted by Gasteiger charge is 2.66. The smallest absolute Gasteiger partial charge is 0.169 e. The van der Waals surface area contributed by atoms with Crippen molar-refractivity contribution < 1.29 is 19.4 Å². The van der Waals surface area contributed by atoms with Gasteiger partial charge in [0.2, 0.25) is 0 Å². The minimum Gasteiger partial charge on any atom is -0.370 e. The Kier molecular flexibility index (Phi) is 6.02. The molecule has 3 saturated carbocycles. The van der Waals surface area contributed by atoms with Gasteiger partial charge < -0.3 is 14.6 Å². The van der Waals surface area contributed by atoms with E-state index >= 15 is 0 Å². The van der Waals surface area contributed by atoms with Gasteiger partial charge in [-0.05, 0) is 86.3 Å². The molecule has 188 valence electrons. The molecule has 3 fully saturated rings. The maximum absolute atomic E-state index is 12.8. The number of nitriles is 1. The Labute approximate surface area is 209 Å².